The molecule has 0 heterocycles. The molecular weight excluding hydrogens is 78.1 g/mol. The minimum absolute atomic E-state index is 0.333. The minimum Gasteiger partial charge on any atom is -0.370 e. The molecule has 0 rings (SSSR count). The lowest BCUT2D eigenvalue weighted by atomic mass is 11.0. The van der Waals surface area contributed by atoms with Gasteiger partial charge in [-0.3, -0.25) is 5.41 Å². The molecule has 0 aliphatic rings. The van der Waals surface area contributed by atoms with Gasteiger partial charge in [-0.15, -0.1) is 0 Å². The lowest BCUT2D eigenvalue weighted by molar-refractivity contribution is 1.39. The largest absolute Gasteiger partial charge is 0.370 e. The fraction of sp³-hybridized carbons (Fsp3) is 0.667. The number of rotatable bonds is 0. The van der Waals surface area contributed by atoms with Gasteiger partial charge in [0.15, 0.2) is 5.96 Å². The second-order valence-electron chi connectivity index (χ2n) is 0.455. The third-order valence-corrected chi connectivity index (χ3v) is 0. The van der Waals surface area contributed by atoms with Crippen LogP contribution < -0.4 is 11.5 Å². The summed E-state index contributed by atoms with van der Waals surface area (Å²) in [5, 5.41) is 6.06. The Balaban J connectivity index is 0. The Bertz CT molecular complexity index is 29.0. The summed E-state index contributed by atoms with van der Waals surface area (Å²) in [6.45, 7) is 4.00. The first-order valence-corrected chi connectivity index (χ1v) is 1.83. The van der Waals surface area contributed by atoms with E-state index in [1.54, 1.807) is 0 Å². The topological polar surface area (TPSA) is 75.9 Å². The van der Waals surface area contributed by atoms with Crippen LogP contribution in [0.5, 0.6) is 0 Å². The standard InChI is InChI=1S/C2H6.CH5N3/c1-2;2-1(3)4/h1-2H3;(H5,2,3,4). The van der Waals surface area contributed by atoms with Crippen molar-refractivity contribution in [2.45, 2.75) is 13.8 Å². The monoisotopic (exact) mass is 89.1 g/mol. The fourth-order valence-corrected chi connectivity index (χ4v) is 0. The van der Waals surface area contributed by atoms with Crippen LogP contribution >= 0.6 is 0 Å². The van der Waals surface area contributed by atoms with E-state index in [1.807, 2.05) is 13.8 Å². The molecule has 0 saturated carbocycles. The molecule has 0 atom stereocenters. The van der Waals surface area contributed by atoms with Crippen LogP contribution in [0.2, 0.25) is 0 Å². The quantitative estimate of drug-likeness (QED) is 0.285. The fourth-order valence-electron chi connectivity index (χ4n) is 0. The Morgan fingerprint density at radius 1 is 1.33 bits per heavy atom. The molecule has 0 bridgehead atoms. The molecule has 0 fully saturated rings. The van der Waals surface area contributed by atoms with Gasteiger partial charge in [-0.1, -0.05) is 13.8 Å². The Morgan fingerprint density at radius 2 is 1.33 bits per heavy atom. The smallest absolute Gasteiger partial charge is 0.183 e. The molecule has 0 aliphatic carbocycles. The summed E-state index contributed by atoms with van der Waals surface area (Å²) >= 11 is 0. The summed E-state index contributed by atoms with van der Waals surface area (Å²) in [7, 11) is 0. The molecule has 0 aromatic heterocycles. The lowest BCUT2D eigenvalue weighted by Gasteiger charge is -1.69. The molecule has 0 saturated heterocycles. The van der Waals surface area contributed by atoms with Crippen LogP contribution in [-0.2, 0) is 0 Å². The molecule has 3 nitrogen and oxygen atoms in total. The summed E-state index contributed by atoms with van der Waals surface area (Å²) in [6.07, 6.45) is 0. The van der Waals surface area contributed by atoms with E-state index >= 15 is 0 Å². The van der Waals surface area contributed by atoms with Crippen molar-refractivity contribution in [3.05, 3.63) is 0 Å². The van der Waals surface area contributed by atoms with Crippen LogP contribution in [0.4, 0.5) is 0 Å². The molecule has 3 heteroatoms. The van der Waals surface area contributed by atoms with Crippen LogP contribution in [0, 0.1) is 5.41 Å². The van der Waals surface area contributed by atoms with Gasteiger partial charge in [0.05, 0.1) is 0 Å². The van der Waals surface area contributed by atoms with Crippen molar-refractivity contribution in [2.24, 2.45) is 11.5 Å². The van der Waals surface area contributed by atoms with E-state index in [9.17, 15) is 0 Å². The van der Waals surface area contributed by atoms with Crippen molar-refractivity contribution in [1.82, 2.24) is 0 Å². The van der Waals surface area contributed by atoms with Crippen LogP contribution in [0.25, 0.3) is 0 Å². The Morgan fingerprint density at radius 3 is 1.33 bits per heavy atom. The van der Waals surface area contributed by atoms with Crippen LogP contribution in [0.3, 0.4) is 0 Å². The van der Waals surface area contributed by atoms with Gasteiger partial charge in [-0.2, -0.15) is 0 Å². The maximum atomic E-state index is 6.06. The van der Waals surface area contributed by atoms with Gasteiger partial charge in [-0.25, -0.2) is 0 Å². The summed E-state index contributed by atoms with van der Waals surface area (Å²) in [4.78, 5) is 0. The van der Waals surface area contributed by atoms with Crippen LogP contribution in [0.15, 0.2) is 0 Å². The summed E-state index contributed by atoms with van der Waals surface area (Å²) in [5.41, 5.74) is 8.94. The Labute approximate surface area is 37.8 Å². The van der Waals surface area contributed by atoms with Crippen molar-refractivity contribution in [3.8, 4) is 0 Å². The summed E-state index contributed by atoms with van der Waals surface area (Å²) in [6, 6.07) is 0. The third-order valence-electron chi connectivity index (χ3n) is 0. The first-order valence-electron chi connectivity index (χ1n) is 1.83. The van der Waals surface area contributed by atoms with Gasteiger partial charge in [0.25, 0.3) is 0 Å². The van der Waals surface area contributed by atoms with Crippen molar-refractivity contribution in [3.63, 3.8) is 0 Å². The van der Waals surface area contributed by atoms with E-state index in [0.29, 0.717) is 0 Å². The molecule has 0 amide bonds. The first kappa shape index (κ1) is 8.99. The highest BCUT2D eigenvalue weighted by atomic mass is 14.9. The highest BCUT2D eigenvalue weighted by molar-refractivity contribution is 5.71. The molecule has 0 unspecified atom stereocenters. The molecule has 0 radical (unpaired) electrons. The first-order chi connectivity index (χ1) is 2.73. The van der Waals surface area contributed by atoms with Gasteiger partial charge in [0.2, 0.25) is 0 Å². The number of hydrogen-bond acceptors (Lipinski definition) is 1. The van der Waals surface area contributed by atoms with Crippen LogP contribution in [0.1, 0.15) is 13.8 Å². The lowest BCUT2D eigenvalue weighted by Crippen LogP contribution is -2.20. The predicted molar refractivity (Wildman–Crippen MR) is 27.4 cm³/mol. The molecule has 38 valence electrons. The zero-order valence-corrected chi connectivity index (χ0v) is 4.15. The zero-order valence-electron chi connectivity index (χ0n) is 4.15. The van der Waals surface area contributed by atoms with E-state index < -0.39 is 0 Å². The van der Waals surface area contributed by atoms with E-state index in [2.05, 4.69) is 11.5 Å². The predicted octanol–water partition coefficient (Wildman–Crippen LogP) is -0.135. The van der Waals surface area contributed by atoms with Crippen molar-refractivity contribution in [2.75, 3.05) is 0 Å². The Hall–Kier alpha value is -0.730. The second-order valence-corrected chi connectivity index (χ2v) is 0.455. The Kier molecular flexibility index (Phi) is 13.3. The molecule has 6 heavy (non-hydrogen) atoms. The summed E-state index contributed by atoms with van der Waals surface area (Å²) < 4.78 is 0. The van der Waals surface area contributed by atoms with E-state index in [0.717, 1.165) is 0 Å². The van der Waals surface area contributed by atoms with Crippen molar-refractivity contribution >= 4 is 5.96 Å². The number of nitrogens with one attached hydrogen (secondary N) is 1. The zero-order chi connectivity index (χ0) is 5.58. The minimum atomic E-state index is -0.333. The third kappa shape index (κ3) is 31.6. The number of guanidine groups is 1. The average Bonchev–Trinajstić information content (AvgIpc) is 1.41. The van der Waals surface area contributed by atoms with Crippen molar-refractivity contribution in [1.29, 1.82) is 5.41 Å². The molecule has 5 N–H and O–H groups in total. The highest BCUT2D eigenvalue weighted by Gasteiger charge is 1.52. The van der Waals surface area contributed by atoms with E-state index in [4.69, 9.17) is 5.41 Å². The molecule has 0 aliphatic heterocycles. The van der Waals surface area contributed by atoms with Crippen molar-refractivity contribution < 1.29 is 0 Å². The molecule has 0 aromatic carbocycles. The molecule has 0 aromatic rings. The maximum Gasteiger partial charge on any atom is 0.183 e. The van der Waals surface area contributed by atoms with Gasteiger partial charge >= 0.3 is 0 Å². The maximum absolute atomic E-state index is 6.06. The number of hydrogen-bond donors (Lipinski definition) is 3. The SMILES string of the molecule is CC.N=C(N)N. The highest BCUT2D eigenvalue weighted by Crippen LogP contribution is 1.14. The van der Waals surface area contributed by atoms with Gasteiger partial charge in [0.1, 0.15) is 0 Å². The van der Waals surface area contributed by atoms with Gasteiger partial charge in [-0.05, 0) is 0 Å². The number of nitrogens with two attached hydrogens (primary N) is 2. The summed E-state index contributed by atoms with van der Waals surface area (Å²) in [5.74, 6) is -0.333. The second kappa shape index (κ2) is 8.86. The molecule has 0 spiro atoms. The van der Waals surface area contributed by atoms with E-state index in [-0.39, 0.29) is 5.96 Å². The molecular formula is C3H11N3. The van der Waals surface area contributed by atoms with Gasteiger partial charge in [0, 0.05) is 0 Å². The van der Waals surface area contributed by atoms with E-state index in [1.165, 1.54) is 0 Å². The average molecular weight is 89.1 g/mol. The normalized spacial score (nSPS) is 5.00. The van der Waals surface area contributed by atoms with Gasteiger partial charge < -0.3 is 11.5 Å². The van der Waals surface area contributed by atoms with Crippen LogP contribution in [-0.4, -0.2) is 5.96 Å².